The molecule has 80 valence electrons. The largest absolute Gasteiger partial charge is 0.350 e. The molecule has 0 amide bonds. The van der Waals surface area contributed by atoms with E-state index in [1.54, 1.807) is 4.98 Å². The van der Waals surface area contributed by atoms with Crippen LogP contribution in [0.15, 0.2) is 9.59 Å². The van der Waals surface area contributed by atoms with Crippen molar-refractivity contribution in [3.8, 4) is 0 Å². The smallest absolute Gasteiger partial charge is 0.326 e. The SMILES string of the molecule is COC(OC)c1[nH]c(=O)[nH]c(=O)c1F.[Hg]. The number of rotatable bonds is 3. The maximum absolute atomic E-state index is 13.1. The molecule has 0 saturated carbocycles. The summed E-state index contributed by atoms with van der Waals surface area (Å²) in [4.78, 5) is 25.5. The second-order valence-electron chi connectivity index (χ2n) is 2.44. The summed E-state index contributed by atoms with van der Waals surface area (Å²) in [5, 5.41) is 0. The van der Waals surface area contributed by atoms with Crippen molar-refractivity contribution in [3.05, 3.63) is 32.3 Å². The Labute approximate surface area is 104 Å². The number of hydrogen-bond donors (Lipinski definition) is 2. The molecular formula is C7H9FHgN2O4. The summed E-state index contributed by atoms with van der Waals surface area (Å²) in [5.74, 6) is -1.13. The minimum atomic E-state index is -1.13. The topological polar surface area (TPSA) is 84.2 Å². The van der Waals surface area contributed by atoms with Crippen LogP contribution in [-0.4, -0.2) is 24.2 Å². The monoisotopic (exact) mass is 406 g/mol. The van der Waals surface area contributed by atoms with Crippen LogP contribution in [0.3, 0.4) is 0 Å². The third kappa shape index (κ3) is 3.21. The Balaban J connectivity index is 0.00000196. The molecule has 0 saturated heterocycles. The van der Waals surface area contributed by atoms with E-state index in [2.05, 4.69) is 4.98 Å². The molecule has 0 aliphatic rings. The Kier molecular flexibility index (Phi) is 5.92. The predicted octanol–water partition coefficient (Wildman–Crippen LogP) is -0.509. The van der Waals surface area contributed by atoms with Crippen molar-refractivity contribution in [1.29, 1.82) is 0 Å². The molecule has 8 heteroatoms. The summed E-state index contributed by atoms with van der Waals surface area (Å²) in [6.45, 7) is 0. The van der Waals surface area contributed by atoms with Crippen LogP contribution in [0.2, 0.25) is 0 Å². The number of halogens is 1. The van der Waals surface area contributed by atoms with Gasteiger partial charge in [-0.3, -0.25) is 9.78 Å². The molecule has 0 spiro atoms. The number of methoxy groups -OCH3 is 2. The molecule has 6 nitrogen and oxygen atoms in total. The molecule has 1 heterocycles. The van der Waals surface area contributed by atoms with Gasteiger partial charge in [0.15, 0.2) is 0 Å². The van der Waals surface area contributed by atoms with Gasteiger partial charge >= 0.3 is 5.69 Å². The predicted molar refractivity (Wildman–Crippen MR) is 44.4 cm³/mol. The Morgan fingerprint density at radius 3 is 2.20 bits per heavy atom. The quantitative estimate of drug-likeness (QED) is 0.525. The van der Waals surface area contributed by atoms with E-state index >= 15 is 0 Å². The van der Waals surface area contributed by atoms with Crippen molar-refractivity contribution in [1.82, 2.24) is 9.97 Å². The van der Waals surface area contributed by atoms with E-state index in [0.29, 0.717) is 0 Å². The van der Waals surface area contributed by atoms with Gasteiger partial charge in [-0.1, -0.05) is 0 Å². The third-order valence-electron chi connectivity index (χ3n) is 1.57. The maximum Gasteiger partial charge on any atom is 0.326 e. The van der Waals surface area contributed by atoms with Crippen LogP contribution in [0.25, 0.3) is 0 Å². The Morgan fingerprint density at radius 2 is 1.73 bits per heavy atom. The summed E-state index contributed by atoms with van der Waals surface area (Å²) in [6, 6.07) is 0. The van der Waals surface area contributed by atoms with Crippen LogP contribution in [0.5, 0.6) is 0 Å². The fraction of sp³-hybridized carbons (Fsp3) is 0.429. The fourth-order valence-electron chi connectivity index (χ4n) is 0.983. The summed E-state index contributed by atoms with van der Waals surface area (Å²) >= 11 is 0. The number of nitrogens with one attached hydrogen (secondary N) is 2. The van der Waals surface area contributed by atoms with Crippen LogP contribution in [0.4, 0.5) is 4.39 Å². The molecule has 2 N–H and O–H groups in total. The van der Waals surface area contributed by atoms with Crippen molar-refractivity contribution >= 4 is 0 Å². The van der Waals surface area contributed by atoms with E-state index in [9.17, 15) is 14.0 Å². The first-order chi connectivity index (χ1) is 6.60. The third-order valence-corrected chi connectivity index (χ3v) is 1.57. The van der Waals surface area contributed by atoms with Crippen molar-refractivity contribution in [2.45, 2.75) is 6.29 Å². The van der Waals surface area contributed by atoms with E-state index in [1.165, 1.54) is 14.2 Å². The molecule has 0 aromatic carbocycles. The van der Waals surface area contributed by atoms with Crippen LogP contribution < -0.4 is 11.2 Å². The molecule has 0 fully saturated rings. The van der Waals surface area contributed by atoms with Crippen molar-refractivity contribution in [3.63, 3.8) is 0 Å². The zero-order valence-corrected chi connectivity index (χ0v) is 13.8. The second kappa shape index (κ2) is 6.14. The van der Waals surface area contributed by atoms with E-state index in [4.69, 9.17) is 9.47 Å². The minimum absolute atomic E-state index is 0. The van der Waals surface area contributed by atoms with Crippen LogP contribution in [-0.2, 0) is 37.1 Å². The van der Waals surface area contributed by atoms with Gasteiger partial charge in [-0.15, -0.1) is 0 Å². The van der Waals surface area contributed by atoms with Gasteiger partial charge in [0, 0.05) is 41.9 Å². The molecule has 15 heavy (non-hydrogen) atoms. The normalized spacial score (nSPS) is 10.1. The van der Waals surface area contributed by atoms with Crippen LogP contribution >= 0.6 is 0 Å². The van der Waals surface area contributed by atoms with Gasteiger partial charge in [0.2, 0.25) is 12.1 Å². The minimum Gasteiger partial charge on any atom is -0.350 e. The molecule has 1 aromatic heterocycles. The molecule has 1 rings (SSSR count). The number of aromatic nitrogens is 2. The molecule has 0 aliphatic carbocycles. The number of H-pyrrole nitrogens is 2. The number of ether oxygens (including phenoxy) is 2. The second-order valence-corrected chi connectivity index (χ2v) is 2.44. The number of aromatic amines is 2. The summed E-state index contributed by atoms with van der Waals surface area (Å²) in [6.07, 6.45) is -1.11. The van der Waals surface area contributed by atoms with Crippen molar-refractivity contribution in [2.24, 2.45) is 0 Å². The van der Waals surface area contributed by atoms with Crippen LogP contribution in [0, 0.1) is 5.82 Å². The molecular weight excluding hydrogens is 396 g/mol. The van der Waals surface area contributed by atoms with E-state index in [-0.39, 0.29) is 33.4 Å². The maximum atomic E-state index is 13.1. The first kappa shape index (κ1) is 14.5. The van der Waals surface area contributed by atoms with Gasteiger partial charge < -0.3 is 14.5 Å². The van der Waals surface area contributed by atoms with Gasteiger partial charge in [0.1, 0.15) is 5.69 Å². The first-order valence-corrected chi connectivity index (χ1v) is 3.67. The summed E-state index contributed by atoms with van der Waals surface area (Å²) in [5.41, 5.74) is -2.25. The molecule has 1 aromatic rings. The Bertz CT molecular complexity index is 426. The molecule has 0 bridgehead atoms. The average molecular weight is 405 g/mol. The summed E-state index contributed by atoms with van der Waals surface area (Å²) < 4.78 is 22.5. The van der Waals surface area contributed by atoms with E-state index in [0.717, 1.165) is 0 Å². The molecule has 0 aliphatic heterocycles. The zero-order valence-electron chi connectivity index (χ0n) is 8.30. The molecule has 0 radical (unpaired) electrons. The van der Waals surface area contributed by atoms with Crippen molar-refractivity contribution in [2.75, 3.05) is 14.2 Å². The standard InChI is InChI=1S/C7H9FN2O4.Hg/c1-13-6(14-2)4-3(8)5(11)10-7(12)9-4;/h6H,1-2H3,(H2,9,10,11,12);. The van der Waals surface area contributed by atoms with Gasteiger partial charge in [-0.2, -0.15) is 4.39 Å². The van der Waals surface area contributed by atoms with Crippen molar-refractivity contribution < 1.29 is 41.5 Å². The Morgan fingerprint density at radius 1 is 1.20 bits per heavy atom. The molecule has 0 unspecified atom stereocenters. The van der Waals surface area contributed by atoms with E-state index in [1.807, 2.05) is 0 Å². The van der Waals surface area contributed by atoms with Gasteiger partial charge in [-0.25, -0.2) is 4.79 Å². The van der Waals surface area contributed by atoms with E-state index < -0.39 is 23.4 Å². The zero-order chi connectivity index (χ0) is 10.7. The summed E-state index contributed by atoms with van der Waals surface area (Å²) in [7, 11) is 2.51. The number of hydrogen-bond acceptors (Lipinski definition) is 4. The average Bonchev–Trinajstić information content (AvgIpc) is 2.15. The van der Waals surface area contributed by atoms with Gasteiger partial charge in [-0.05, 0) is 0 Å². The van der Waals surface area contributed by atoms with Crippen LogP contribution in [0.1, 0.15) is 12.0 Å². The fourth-order valence-corrected chi connectivity index (χ4v) is 0.983. The van der Waals surface area contributed by atoms with Gasteiger partial charge in [0.05, 0.1) is 0 Å². The van der Waals surface area contributed by atoms with Gasteiger partial charge in [0.25, 0.3) is 5.56 Å². The first-order valence-electron chi connectivity index (χ1n) is 3.67. The Hall–Kier alpha value is -0.535. The molecule has 0 atom stereocenters.